The molecule has 1 aliphatic rings. The molecule has 0 radical (unpaired) electrons. The van der Waals surface area contributed by atoms with Crippen molar-refractivity contribution in [3.63, 3.8) is 0 Å². The van der Waals surface area contributed by atoms with Crippen molar-refractivity contribution in [2.24, 2.45) is 0 Å². The lowest BCUT2D eigenvalue weighted by molar-refractivity contribution is 0.0919. The van der Waals surface area contributed by atoms with Crippen molar-refractivity contribution in [3.8, 4) is 0 Å². The number of carbonyl (C=O) groups is 2. The fourth-order valence-corrected chi connectivity index (χ4v) is 3.94. The summed E-state index contributed by atoms with van der Waals surface area (Å²) in [4.78, 5) is 26.4. The van der Waals surface area contributed by atoms with E-state index in [-0.39, 0.29) is 23.5 Å². The van der Waals surface area contributed by atoms with Crippen molar-refractivity contribution < 1.29 is 18.0 Å². The van der Waals surface area contributed by atoms with Crippen LogP contribution >= 0.6 is 0 Å². The van der Waals surface area contributed by atoms with Gasteiger partial charge in [0.15, 0.2) is 0 Å². The van der Waals surface area contributed by atoms with Gasteiger partial charge in [0.25, 0.3) is 5.91 Å². The van der Waals surface area contributed by atoms with E-state index < -0.39 is 14.8 Å². The summed E-state index contributed by atoms with van der Waals surface area (Å²) in [5, 5.41) is 5.72. The number of benzene rings is 1. The molecule has 168 valence electrons. The highest BCUT2D eigenvalue weighted by Gasteiger charge is 2.33. The van der Waals surface area contributed by atoms with E-state index >= 15 is 0 Å². The van der Waals surface area contributed by atoms with Gasteiger partial charge >= 0.3 is 6.03 Å². The molecular formula is C21H34N4O4S. The largest absolute Gasteiger partial charge is 0.347 e. The summed E-state index contributed by atoms with van der Waals surface area (Å²) in [5.74, 6) is -0.167. The van der Waals surface area contributed by atoms with E-state index in [2.05, 4.69) is 15.4 Å². The summed E-state index contributed by atoms with van der Waals surface area (Å²) in [6.07, 6.45) is 1.13. The number of amides is 3. The lowest BCUT2D eigenvalue weighted by Crippen LogP contribution is -2.50. The van der Waals surface area contributed by atoms with E-state index in [0.717, 1.165) is 0 Å². The van der Waals surface area contributed by atoms with Gasteiger partial charge in [0.05, 0.1) is 4.75 Å². The Hall–Kier alpha value is -2.13. The topological polar surface area (TPSA) is 108 Å². The zero-order valence-electron chi connectivity index (χ0n) is 18.7. The molecule has 0 aliphatic carbocycles. The number of hydrogen-bond acceptors (Lipinski definition) is 4. The zero-order valence-corrected chi connectivity index (χ0v) is 19.5. The van der Waals surface area contributed by atoms with E-state index in [1.807, 2.05) is 20.8 Å². The minimum Gasteiger partial charge on any atom is -0.347 e. The van der Waals surface area contributed by atoms with Crippen molar-refractivity contribution in [2.45, 2.75) is 70.7 Å². The van der Waals surface area contributed by atoms with Crippen molar-refractivity contribution >= 4 is 27.6 Å². The molecular weight excluding hydrogens is 404 g/mol. The summed E-state index contributed by atoms with van der Waals surface area (Å²) in [6, 6.07) is 6.33. The third kappa shape index (κ3) is 6.70. The Balaban J connectivity index is 1.87. The molecule has 2 rings (SSSR count). The average molecular weight is 439 g/mol. The highest BCUT2D eigenvalue weighted by atomic mass is 32.2. The summed E-state index contributed by atoms with van der Waals surface area (Å²) in [7, 11) is -3.41. The van der Waals surface area contributed by atoms with Crippen molar-refractivity contribution in [3.05, 3.63) is 29.8 Å². The molecule has 8 nitrogen and oxygen atoms in total. The zero-order chi connectivity index (χ0) is 22.7. The second kappa shape index (κ2) is 8.93. The molecule has 0 atom stereocenters. The standard InChI is InChI=1S/C21H34N4O4S/c1-20(2,3)23-18(26)15-7-9-16(10-8-15)22-19(27)25-13-11-17(12-14-25)24-30(28,29)21(4,5)6/h7-10,17,24H,11-14H2,1-6H3,(H,22,27)(H,23,26). The van der Waals surface area contributed by atoms with E-state index in [4.69, 9.17) is 0 Å². The van der Waals surface area contributed by atoms with Gasteiger partial charge in [-0.2, -0.15) is 0 Å². The van der Waals surface area contributed by atoms with E-state index in [0.29, 0.717) is 37.2 Å². The van der Waals surface area contributed by atoms with Crippen molar-refractivity contribution in [1.82, 2.24) is 14.9 Å². The fourth-order valence-electron chi connectivity index (χ4n) is 2.92. The number of rotatable bonds is 4. The molecule has 0 aromatic heterocycles. The lowest BCUT2D eigenvalue weighted by Gasteiger charge is -2.33. The molecule has 1 aliphatic heterocycles. The molecule has 1 saturated heterocycles. The lowest BCUT2D eigenvalue weighted by atomic mass is 10.1. The van der Waals surface area contributed by atoms with E-state index in [1.165, 1.54) is 0 Å². The third-order valence-corrected chi connectivity index (χ3v) is 7.05. The Morgan fingerprint density at radius 1 is 0.967 bits per heavy atom. The number of carbonyl (C=O) groups excluding carboxylic acids is 2. The van der Waals surface area contributed by atoms with Crippen LogP contribution in [0.25, 0.3) is 0 Å². The highest BCUT2D eigenvalue weighted by Crippen LogP contribution is 2.19. The second-order valence-corrected chi connectivity index (χ2v) is 12.2. The van der Waals surface area contributed by atoms with Crippen molar-refractivity contribution in [2.75, 3.05) is 18.4 Å². The monoisotopic (exact) mass is 438 g/mol. The Morgan fingerprint density at radius 3 is 1.97 bits per heavy atom. The molecule has 0 spiro atoms. The summed E-state index contributed by atoms with van der Waals surface area (Å²) in [6.45, 7) is 11.7. The molecule has 30 heavy (non-hydrogen) atoms. The molecule has 0 saturated carbocycles. The molecule has 1 fully saturated rings. The molecule has 3 N–H and O–H groups in total. The first kappa shape index (κ1) is 24.1. The maximum absolute atomic E-state index is 12.5. The Bertz CT molecular complexity index is 860. The summed E-state index contributed by atoms with van der Waals surface area (Å²) < 4.78 is 26.5. The van der Waals surface area contributed by atoms with Crippen LogP contribution < -0.4 is 15.4 Å². The maximum Gasteiger partial charge on any atom is 0.321 e. The fraction of sp³-hybridized carbons (Fsp3) is 0.619. The van der Waals surface area contributed by atoms with Crippen LogP contribution in [0.4, 0.5) is 10.5 Å². The summed E-state index contributed by atoms with van der Waals surface area (Å²) >= 11 is 0. The normalized spacial score (nSPS) is 16.3. The number of urea groups is 1. The molecule has 9 heteroatoms. The highest BCUT2D eigenvalue weighted by molar-refractivity contribution is 7.90. The Morgan fingerprint density at radius 2 is 1.50 bits per heavy atom. The van der Waals surface area contributed by atoms with Crippen LogP contribution in [0.2, 0.25) is 0 Å². The number of hydrogen-bond donors (Lipinski definition) is 3. The van der Waals surface area contributed by atoms with Gasteiger partial charge in [0.1, 0.15) is 0 Å². The van der Waals surface area contributed by atoms with Crippen LogP contribution in [-0.2, 0) is 10.0 Å². The Kier molecular flexibility index (Phi) is 7.19. The first-order valence-electron chi connectivity index (χ1n) is 10.2. The predicted molar refractivity (Wildman–Crippen MR) is 119 cm³/mol. The smallest absolute Gasteiger partial charge is 0.321 e. The van der Waals surface area contributed by atoms with Gasteiger partial charge in [-0.3, -0.25) is 4.79 Å². The second-order valence-electron chi connectivity index (χ2n) is 9.71. The number of nitrogens with zero attached hydrogens (tertiary/aromatic N) is 1. The predicted octanol–water partition coefficient (Wildman–Crippen LogP) is 2.93. The number of anilines is 1. The van der Waals surface area contributed by atoms with Gasteiger partial charge in [-0.1, -0.05) is 0 Å². The minimum absolute atomic E-state index is 0.167. The first-order valence-corrected chi connectivity index (χ1v) is 11.7. The van der Waals surface area contributed by atoms with Crippen LogP contribution in [0, 0.1) is 0 Å². The minimum atomic E-state index is -3.41. The van der Waals surface area contributed by atoms with E-state index in [9.17, 15) is 18.0 Å². The number of piperidine rings is 1. The number of likely N-dealkylation sites (tertiary alicyclic amines) is 1. The van der Waals surface area contributed by atoms with Gasteiger partial charge in [-0.05, 0) is 78.6 Å². The number of sulfonamides is 1. The first-order chi connectivity index (χ1) is 13.7. The van der Waals surface area contributed by atoms with Crippen LogP contribution in [0.3, 0.4) is 0 Å². The Labute approximate surface area is 179 Å². The molecule has 3 amide bonds. The van der Waals surface area contributed by atoms with Crippen LogP contribution in [0.5, 0.6) is 0 Å². The van der Waals surface area contributed by atoms with Gasteiger partial charge < -0.3 is 15.5 Å². The average Bonchev–Trinajstić information content (AvgIpc) is 2.60. The SMILES string of the molecule is CC(C)(C)NC(=O)c1ccc(NC(=O)N2CCC(NS(=O)(=O)C(C)(C)C)CC2)cc1. The van der Waals surface area contributed by atoms with Gasteiger partial charge in [-0.25, -0.2) is 17.9 Å². The third-order valence-electron chi connectivity index (χ3n) is 4.80. The number of nitrogens with one attached hydrogen (secondary N) is 3. The molecule has 1 heterocycles. The van der Waals surface area contributed by atoms with Gasteiger partial charge in [0, 0.05) is 35.9 Å². The molecule has 1 aromatic rings. The van der Waals surface area contributed by atoms with Crippen LogP contribution in [0.1, 0.15) is 64.7 Å². The summed E-state index contributed by atoms with van der Waals surface area (Å²) in [5.41, 5.74) is 0.801. The van der Waals surface area contributed by atoms with E-state index in [1.54, 1.807) is 49.9 Å². The molecule has 0 unspecified atom stereocenters. The molecule has 1 aromatic carbocycles. The molecule has 0 bridgehead atoms. The van der Waals surface area contributed by atoms with Gasteiger partial charge in [0.2, 0.25) is 10.0 Å². The van der Waals surface area contributed by atoms with Crippen LogP contribution in [0.15, 0.2) is 24.3 Å². The van der Waals surface area contributed by atoms with Crippen molar-refractivity contribution in [1.29, 1.82) is 0 Å². The van der Waals surface area contributed by atoms with Gasteiger partial charge in [-0.15, -0.1) is 0 Å². The maximum atomic E-state index is 12.5. The quantitative estimate of drug-likeness (QED) is 0.672. The van der Waals surface area contributed by atoms with Crippen LogP contribution in [-0.4, -0.2) is 54.7 Å².